The fourth-order valence-corrected chi connectivity index (χ4v) is 3.79. The molecule has 0 aliphatic carbocycles. The lowest BCUT2D eigenvalue weighted by Gasteiger charge is -2.14. The molecular weight excluding hydrogens is 384 g/mol. The van der Waals surface area contributed by atoms with Crippen molar-refractivity contribution in [3.05, 3.63) is 94.0 Å². The van der Waals surface area contributed by atoms with E-state index in [1.165, 1.54) is 5.56 Å². The van der Waals surface area contributed by atoms with Gasteiger partial charge in [0.2, 0.25) is 5.91 Å². The monoisotopic (exact) mass is 404 g/mol. The summed E-state index contributed by atoms with van der Waals surface area (Å²) in [6, 6.07) is 19.8. The number of fused-ring (bicyclic) bond motifs is 1. The molecule has 0 aromatic heterocycles. The van der Waals surface area contributed by atoms with Crippen LogP contribution in [0.1, 0.15) is 29.2 Å². The van der Waals surface area contributed by atoms with E-state index < -0.39 is 6.04 Å². The Morgan fingerprint density at radius 1 is 1.03 bits per heavy atom. The van der Waals surface area contributed by atoms with Crippen LogP contribution in [0.4, 0.5) is 5.69 Å². The molecule has 0 bridgehead atoms. The molecule has 1 heterocycles. The second-order valence-corrected chi connectivity index (χ2v) is 7.48. The van der Waals surface area contributed by atoms with E-state index in [1.54, 1.807) is 36.4 Å². The van der Waals surface area contributed by atoms with E-state index in [-0.39, 0.29) is 11.7 Å². The summed E-state index contributed by atoms with van der Waals surface area (Å²) in [7, 11) is 0. The van der Waals surface area contributed by atoms with E-state index in [1.807, 2.05) is 18.2 Å². The minimum atomic E-state index is -0.572. The first-order valence-corrected chi connectivity index (χ1v) is 9.97. The number of benzodiazepines with no additional fused rings is 1. The van der Waals surface area contributed by atoms with E-state index in [0.717, 1.165) is 23.1 Å². The minimum absolute atomic E-state index is 0.145. The summed E-state index contributed by atoms with van der Waals surface area (Å²) < 4.78 is 0. The van der Waals surface area contributed by atoms with Gasteiger partial charge in [-0.3, -0.25) is 9.79 Å². The lowest BCUT2D eigenvalue weighted by Crippen LogP contribution is -2.28. The molecule has 146 valence electrons. The van der Waals surface area contributed by atoms with Gasteiger partial charge in [-0.15, -0.1) is 0 Å². The van der Waals surface area contributed by atoms with Gasteiger partial charge in [0.05, 0.1) is 11.4 Å². The average molecular weight is 405 g/mol. The molecule has 1 aliphatic rings. The molecule has 1 amide bonds. The van der Waals surface area contributed by atoms with E-state index in [9.17, 15) is 9.90 Å². The molecule has 3 aromatic carbocycles. The summed E-state index contributed by atoms with van der Waals surface area (Å²) in [6.07, 6.45) is 1.41. The van der Waals surface area contributed by atoms with Gasteiger partial charge >= 0.3 is 0 Å². The molecule has 0 radical (unpaired) electrons. The number of aryl methyl sites for hydroxylation is 1. The first kappa shape index (κ1) is 19.2. The van der Waals surface area contributed by atoms with Crippen molar-refractivity contribution < 1.29 is 9.90 Å². The van der Waals surface area contributed by atoms with Crippen LogP contribution in [0.2, 0.25) is 5.02 Å². The topological polar surface area (TPSA) is 61.7 Å². The normalized spacial score (nSPS) is 15.9. The van der Waals surface area contributed by atoms with Crippen LogP contribution in [-0.4, -0.2) is 22.8 Å². The summed E-state index contributed by atoms with van der Waals surface area (Å²) >= 11 is 6.24. The van der Waals surface area contributed by atoms with Gasteiger partial charge in [0.15, 0.2) is 0 Å². The highest BCUT2D eigenvalue weighted by Gasteiger charge is 2.26. The van der Waals surface area contributed by atoms with Crippen molar-refractivity contribution in [2.24, 2.45) is 4.99 Å². The highest BCUT2D eigenvalue weighted by atomic mass is 35.5. The molecule has 3 aromatic rings. The van der Waals surface area contributed by atoms with Gasteiger partial charge in [0.25, 0.3) is 0 Å². The fraction of sp³-hybridized carbons (Fsp3) is 0.167. The number of nitrogens with one attached hydrogen (secondary N) is 1. The van der Waals surface area contributed by atoms with Gasteiger partial charge in [-0.1, -0.05) is 42.8 Å². The van der Waals surface area contributed by atoms with Crippen LogP contribution in [0.3, 0.4) is 0 Å². The zero-order valence-corrected chi connectivity index (χ0v) is 16.8. The summed E-state index contributed by atoms with van der Waals surface area (Å²) in [5, 5.41) is 13.2. The Labute approximate surface area is 174 Å². The van der Waals surface area contributed by atoms with Gasteiger partial charge < -0.3 is 10.4 Å². The van der Waals surface area contributed by atoms with E-state index in [4.69, 9.17) is 16.6 Å². The number of carbonyl (C=O) groups excluding carboxylic acids is 1. The van der Waals surface area contributed by atoms with Crippen LogP contribution < -0.4 is 5.32 Å². The Kier molecular flexibility index (Phi) is 5.36. The predicted molar refractivity (Wildman–Crippen MR) is 117 cm³/mol. The zero-order chi connectivity index (χ0) is 20.4. The second-order valence-electron chi connectivity index (χ2n) is 7.05. The zero-order valence-electron chi connectivity index (χ0n) is 16.0. The number of anilines is 1. The number of phenols is 1. The van der Waals surface area contributed by atoms with Crippen LogP contribution in [0.25, 0.3) is 0 Å². The molecule has 0 saturated carbocycles. The van der Waals surface area contributed by atoms with E-state index >= 15 is 0 Å². The van der Waals surface area contributed by atoms with Crippen LogP contribution >= 0.6 is 11.6 Å². The lowest BCUT2D eigenvalue weighted by molar-refractivity contribution is -0.117. The summed E-state index contributed by atoms with van der Waals surface area (Å²) in [4.78, 5) is 17.9. The molecule has 4 nitrogen and oxygen atoms in total. The third kappa shape index (κ3) is 4.03. The molecule has 4 rings (SSSR count). The van der Waals surface area contributed by atoms with Crippen LogP contribution in [0, 0.1) is 0 Å². The quantitative estimate of drug-likeness (QED) is 0.642. The maximum atomic E-state index is 13.0. The van der Waals surface area contributed by atoms with Crippen molar-refractivity contribution in [1.82, 2.24) is 0 Å². The molecule has 1 unspecified atom stereocenters. The summed E-state index contributed by atoms with van der Waals surface area (Å²) in [5.41, 5.74) is 5.27. The highest BCUT2D eigenvalue weighted by Crippen LogP contribution is 2.29. The van der Waals surface area contributed by atoms with Gasteiger partial charge in [-0.2, -0.15) is 0 Å². The molecule has 5 heteroatoms. The molecule has 0 spiro atoms. The van der Waals surface area contributed by atoms with Crippen LogP contribution in [0.15, 0.2) is 71.7 Å². The van der Waals surface area contributed by atoms with Crippen molar-refractivity contribution >= 4 is 28.9 Å². The van der Waals surface area contributed by atoms with Crippen molar-refractivity contribution in [3.8, 4) is 5.75 Å². The first-order valence-electron chi connectivity index (χ1n) is 9.60. The molecule has 29 heavy (non-hydrogen) atoms. The van der Waals surface area contributed by atoms with Gasteiger partial charge in [0.1, 0.15) is 11.8 Å². The van der Waals surface area contributed by atoms with Crippen molar-refractivity contribution in [1.29, 1.82) is 0 Å². The Morgan fingerprint density at radius 3 is 2.48 bits per heavy atom. The Bertz CT molecular complexity index is 1090. The summed E-state index contributed by atoms with van der Waals surface area (Å²) in [5.74, 6) is 0.0326. The molecule has 1 atom stereocenters. The third-order valence-corrected chi connectivity index (χ3v) is 5.37. The SMILES string of the molecule is CCc1ccccc1CC1N=C(c2ccc(O)cc2)c2cc(Cl)ccc2NC1=O. The van der Waals surface area contributed by atoms with E-state index in [2.05, 4.69) is 24.4 Å². The molecule has 0 fully saturated rings. The fourth-order valence-electron chi connectivity index (χ4n) is 3.62. The number of carbonyl (C=O) groups is 1. The van der Waals surface area contributed by atoms with Crippen LogP contribution in [0.5, 0.6) is 5.75 Å². The number of nitrogens with zero attached hydrogens (tertiary/aromatic N) is 1. The van der Waals surface area contributed by atoms with Gasteiger partial charge in [0, 0.05) is 22.6 Å². The van der Waals surface area contributed by atoms with Crippen LogP contribution in [-0.2, 0) is 17.6 Å². The number of aromatic hydroxyl groups is 1. The Balaban J connectivity index is 1.83. The van der Waals surface area contributed by atoms with Gasteiger partial charge in [-0.25, -0.2) is 0 Å². The number of hydrogen-bond donors (Lipinski definition) is 2. The Morgan fingerprint density at radius 2 is 1.76 bits per heavy atom. The highest BCUT2D eigenvalue weighted by molar-refractivity contribution is 6.32. The largest absolute Gasteiger partial charge is 0.508 e. The lowest BCUT2D eigenvalue weighted by atomic mass is 9.98. The van der Waals surface area contributed by atoms with E-state index in [0.29, 0.717) is 22.8 Å². The van der Waals surface area contributed by atoms with Crippen molar-refractivity contribution in [3.63, 3.8) is 0 Å². The Hall–Kier alpha value is -3.11. The van der Waals surface area contributed by atoms with Crippen molar-refractivity contribution in [2.75, 3.05) is 5.32 Å². The number of rotatable bonds is 4. The maximum Gasteiger partial charge on any atom is 0.249 e. The molecule has 2 N–H and O–H groups in total. The maximum absolute atomic E-state index is 13.0. The average Bonchev–Trinajstić information content (AvgIpc) is 2.86. The second kappa shape index (κ2) is 8.10. The number of halogens is 1. The predicted octanol–water partition coefficient (Wildman–Crippen LogP) is 5.01. The number of hydrogen-bond acceptors (Lipinski definition) is 3. The number of aliphatic imine (C=N–C) groups is 1. The third-order valence-electron chi connectivity index (χ3n) is 5.14. The number of amides is 1. The minimum Gasteiger partial charge on any atom is -0.508 e. The molecule has 0 saturated heterocycles. The standard InChI is InChI=1S/C24H21ClN2O2/c1-2-15-5-3-4-6-17(15)13-22-24(29)27-21-12-9-18(25)14-20(21)23(26-22)16-7-10-19(28)11-8-16/h3-12,14,22,28H,2,13H2,1H3,(H,27,29). The first-order chi connectivity index (χ1) is 14.0. The van der Waals surface area contributed by atoms with Gasteiger partial charge in [-0.05, 0) is 60.0 Å². The smallest absolute Gasteiger partial charge is 0.249 e. The molecule has 1 aliphatic heterocycles. The number of phenolic OH excluding ortho intramolecular Hbond substituents is 1. The number of benzene rings is 3. The summed E-state index contributed by atoms with van der Waals surface area (Å²) in [6.45, 7) is 2.11. The van der Waals surface area contributed by atoms with Crippen molar-refractivity contribution in [2.45, 2.75) is 25.8 Å². The molecular formula is C24H21ClN2O2.